The maximum absolute atomic E-state index is 5.68. The molecule has 2 heterocycles. The SMILES string of the molecule is Brc1ccc(OCc2cn3ccccc3n2)cc1. The Kier molecular flexibility index (Phi) is 3.02. The smallest absolute Gasteiger partial charge is 0.137 e. The highest BCUT2D eigenvalue weighted by molar-refractivity contribution is 9.10. The number of rotatable bonds is 3. The molecular weight excluding hydrogens is 292 g/mol. The average molecular weight is 303 g/mol. The summed E-state index contributed by atoms with van der Waals surface area (Å²) in [5, 5.41) is 0. The third-order valence-corrected chi connectivity index (χ3v) is 3.14. The zero-order valence-electron chi connectivity index (χ0n) is 9.58. The van der Waals surface area contributed by atoms with Gasteiger partial charge in [-0.15, -0.1) is 0 Å². The van der Waals surface area contributed by atoms with Gasteiger partial charge in [0.2, 0.25) is 0 Å². The predicted octanol–water partition coefficient (Wildman–Crippen LogP) is 3.68. The Morgan fingerprint density at radius 2 is 1.94 bits per heavy atom. The molecular formula is C14H11BrN2O. The highest BCUT2D eigenvalue weighted by atomic mass is 79.9. The number of hydrogen-bond acceptors (Lipinski definition) is 2. The number of aromatic nitrogens is 2. The molecule has 0 aliphatic carbocycles. The van der Waals surface area contributed by atoms with Crippen LogP contribution in [-0.4, -0.2) is 9.38 Å². The van der Waals surface area contributed by atoms with Crippen LogP contribution in [0.25, 0.3) is 5.65 Å². The lowest BCUT2D eigenvalue weighted by Gasteiger charge is -2.03. The van der Waals surface area contributed by atoms with Gasteiger partial charge in [0.05, 0.1) is 5.69 Å². The van der Waals surface area contributed by atoms with Gasteiger partial charge in [0.15, 0.2) is 0 Å². The van der Waals surface area contributed by atoms with Crippen molar-refractivity contribution in [2.75, 3.05) is 0 Å². The number of benzene rings is 1. The second-order valence-corrected chi connectivity index (χ2v) is 4.86. The van der Waals surface area contributed by atoms with Crippen LogP contribution in [0.1, 0.15) is 5.69 Å². The Hall–Kier alpha value is -1.81. The molecule has 3 aromatic rings. The third-order valence-electron chi connectivity index (χ3n) is 2.61. The predicted molar refractivity (Wildman–Crippen MR) is 73.7 cm³/mol. The highest BCUT2D eigenvalue weighted by Gasteiger charge is 2.01. The van der Waals surface area contributed by atoms with Crippen molar-refractivity contribution in [1.29, 1.82) is 0 Å². The molecule has 3 rings (SSSR count). The third kappa shape index (κ3) is 2.38. The van der Waals surface area contributed by atoms with E-state index >= 15 is 0 Å². The molecule has 90 valence electrons. The Balaban J connectivity index is 1.74. The van der Waals surface area contributed by atoms with Crippen LogP contribution in [0, 0.1) is 0 Å². The lowest BCUT2D eigenvalue weighted by molar-refractivity contribution is 0.302. The standard InChI is InChI=1S/C14H11BrN2O/c15-11-4-6-13(7-5-11)18-10-12-9-17-8-2-1-3-14(17)16-12/h1-9H,10H2. The van der Waals surface area contributed by atoms with Crippen LogP contribution in [-0.2, 0) is 6.61 Å². The molecule has 2 aromatic heterocycles. The van der Waals surface area contributed by atoms with E-state index in [1.807, 2.05) is 59.3 Å². The highest BCUT2D eigenvalue weighted by Crippen LogP contribution is 2.17. The van der Waals surface area contributed by atoms with Gasteiger partial charge in [-0.1, -0.05) is 22.0 Å². The summed E-state index contributed by atoms with van der Waals surface area (Å²) in [6.07, 6.45) is 3.96. The summed E-state index contributed by atoms with van der Waals surface area (Å²) in [5.74, 6) is 0.843. The van der Waals surface area contributed by atoms with E-state index in [2.05, 4.69) is 20.9 Å². The van der Waals surface area contributed by atoms with Gasteiger partial charge in [0.25, 0.3) is 0 Å². The summed E-state index contributed by atoms with van der Waals surface area (Å²) < 4.78 is 8.71. The zero-order valence-corrected chi connectivity index (χ0v) is 11.2. The first-order valence-corrected chi connectivity index (χ1v) is 6.41. The van der Waals surface area contributed by atoms with E-state index in [-0.39, 0.29) is 0 Å². The van der Waals surface area contributed by atoms with Gasteiger partial charge in [-0.25, -0.2) is 4.98 Å². The zero-order chi connectivity index (χ0) is 12.4. The van der Waals surface area contributed by atoms with Crippen molar-refractivity contribution in [1.82, 2.24) is 9.38 Å². The van der Waals surface area contributed by atoms with Gasteiger partial charge in [-0.2, -0.15) is 0 Å². The molecule has 0 saturated carbocycles. The average Bonchev–Trinajstić information content (AvgIpc) is 2.81. The van der Waals surface area contributed by atoms with Crippen LogP contribution in [0.5, 0.6) is 5.75 Å². The minimum Gasteiger partial charge on any atom is -0.487 e. The van der Waals surface area contributed by atoms with Gasteiger partial charge >= 0.3 is 0 Å². The molecule has 18 heavy (non-hydrogen) atoms. The molecule has 0 amide bonds. The normalized spacial score (nSPS) is 10.7. The summed E-state index contributed by atoms with van der Waals surface area (Å²) >= 11 is 3.39. The second-order valence-electron chi connectivity index (χ2n) is 3.94. The van der Waals surface area contributed by atoms with E-state index in [0.717, 1.165) is 21.6 Å². The molecule has 0 fully saturated rings. The van der Waals surface area contributed by atoms with Crippen molar-refractivity contribution in [2.45, 2.75) is 6.61 Å². The number of nitrogens with zero attached hydrogens (tertiary/aromatic N) is 2. The van der Waals surface area contributed by atoms with Crippen molar-refractivity contribution < 1.29 is 4.74 Å². The van der Waals surface area contributed by atoms with Crippen LogP contribution in [0.15, 0.2) is 59.3 Å². The summed E-state index contributed by atoms with van der Waals surface area (Å²) in [6, 6.07) is 13.7. The molecule has 0 unspecified atom stereocenters. The van der Waals surface area contributed by atoms with Gasteiger partial charge in [-0.05, 0) is 36.4 Å². The molecule has 0 spiro atoms. The number of pyridine rings is 1. The second kappa shape index (κ2) is 4.82. The van der Waals surface area contributed by atoms with Gasteiger partial charge < -0.3 is 9.14 Å². The largest absolute Gasteiger partial charge is 0.487 e. The number of halogens is 1. The summed E-state index contributed by atoms with van der Waals surface area (Å²) in [6.45, 7) is 0.476. The van der Waals surface area contributed by atoms with Gasteiger partial charge in [0, 0.05) is 16.9 Å². The Bertz CT molecular complexity index is 628. The molecule has 3 nitrogen and oxygen atoms in total. The summed E-state index contributed by atoms with van der Waals surface area (Å²) in [7, 11) is 0. The van der Waals surface area contributed by atoms with Crippen molar-refractivity contribution in [2.24, 2.45) is 0 Å². The van der Waals surface area contributed by atoms with E-state index in [9.17, 15) is 0 Å². The van der Waals surface area contributed by atoms with E-state index in [1.165, 1.54) is 0 Å². The molecule has 1 aromatic carbocycles. The molecule has 0 atom stereocenters. The number of hydrogen-bond donors (Lipinski definition) is 0. The van der Waals surface area contributed by atoms with Gasteiger partial charge in [-0.3, -0.25) is 0 Å². The number of imidazole rings is 1. The molecule has 4 heteroatoms. The van der Waals surface area contributed by atoms with Crippen molar-refractivity contribution in [3.63, 3.8) is 0 Å². The number of fused-ring (bicyclic) bond motifs is 1. The molecule has 0 N–H and O–H groups in total. The van der Waals surface area contributed by atoms with E-state index in [4.69, 9.17) is 4.74 Å². The summed E-state index contributed by atoms with van der Waals surface area (Å²) in [4.78, 5) is 4.47. The van der Waals surface area contributed by atoms with Crippen molar-refractivity contribution in [3.8, 4) is 5.75 Å². The van der Waals surface area contributed by atoms with E-state index in [1.54, 1.807) is 0 Å². The number of ether oxygens (including phenoxy) is 1. The minimum atomic E-state index is 0.476. The fourth-order valence-electron chi connectivity index (χ4n) is 1.74. The Morgan fingerprint density at radius 3 is 2.72 bits per heavy atom. The van der Waals surface area contributed by atoms with Crippen molar-refractivity contribution in [3.05, 3.63) is 65.0 Å². The van der Waals surface area contributed by atoms with Crippen LogP contribution < -0.4 is 4.74 Å². The molecule has 0 saturated heterocycles. The van der Waals surface area contributed by atoms with Crippen LogP contribution >= 0.6 is 15.9 Å². The Morgan fingerprint density at radius 1 is 1.11 bits per heavy atom. The quantitative estimate of drug-likeness (QED) is 0.738. The van der Waals surface area contributed by atoms with Gasteiger partial charge in [0.1, 0.15) is 18.0 Å². The minimum absolute atomic E-state index is 0.476. The van der Waals surface area contributed by atoms with Crippen molar-refractivity contribution >= 4 is 21.6 Å². The van der Waals surface area contributed by atoms with E-state index in [0.29, 0.717) is 6.61 Å². The Labute approximate surface area is 113 Å². The maximum atomic E-state index is 5.68. The first-order chi connectivity index (χ1) is 8.81. The topological polar surface area (TPSA) is 26.5 Å². The molecule has 0 bridgehead atoms. The first-order valence-electron chi connectivity index (χ1n) is 5.62. The molecule has 0 radical (unpaired) electrons. The lowest BCUT2D eigenvalue weighted by atomic mass is 10.3. The van der Waals surface area contributed by atoms with Crippen LogP contribution in [0.3, 0.4) is 0 Å². The summed E-state index contributed by atoms with van der Waals surface area (Å²) in [5.41, 5.74) is 1.86. The van der Waals surface area contributed by atoms with Crippen LogP contribution in [0.2, 0.25) is 0 Å². The van der Waals surface area contributed by atoms with E-state index < -0.39 is 0 Å². The fraction of sp³-hybridized carbons (Fsp3) is 0.0714. The lowest BCUT2D eigenvalue weighted by Crippen LogP contribution is -1.95. The molecule has 0 aliphatic rings. The van der Waals surface area contributed by atoms with Crippen LogP contribution in [0.4, 0.5) is 0 Å². The first kappa shape index (κ1) is 11.3. The maximum Gasteiger partial charge on any atom is 0.137 e. The molecule has 0 aliphatic heterocycles. The monoisotopic (exact) mass is 302 g/mol. The fourth-order valence-corrected chi connectivity index (χ4v) is 2.01.